The average molecular weight is 302 g/mol. The number of rotatable bonds is 6. The zero-order valence-electron chi connectivity index (χ0n) is 13.4. The highest BCUT2D eigenvalue weighted by Gasteiger charge is 2.41. The number of carbonyl (C=O) groups excluding carboxylic acids is 1. The first-order valence-electron chi connectivity index (χ1n) is 8.31. The van der Waals surface area contributed by atoms with Gasteiger partial charge in [0.1, 0.15) is 0 Å². The van der Waals surface area contributed by atoms with Gasteiger partial charge in [-0.25, -0.2) is 4.79 Å². The molecule has 0 unspecified atom stereocenters. The monoisotopic (exact) mass is 302 g/mol. The van der Waals surface area contributed by atoms with E-state index in [1.807, 2.05) is 18.2 Å². The van der Waals surface area contributed by atoms with Crippen LogP contribution in [0, 0.1) is 17.8 Å². The zero-order valence-corrected chi connectivity index (χ0v) is 13.4. The number of aliphatic hydroxyl groups is 1. The van der Waals surface area contributed by atoms with E-state index in [2.05, 4.69) is 24.4 Å². The van der Waals surface area contributed by atoms with E-state index in [9.17, 15) is 9.90 Å². The summed E-state index contributed by atoms with van der Waals surface area (Å²) in [5, 5.41) is 13.2. The summed E-state index contributed by atoms with van der Waals surface area (Å²) in [6, 6.07) is 10.2. The predicted octanol–water partition coefficient (Wildman–Crippen LogP) is 2.80. The van der Waals surface area contributed by atoms with Crippen molar-refractivity contribution in [2.75, 3.05) is 13.6 Å². The van der Waals surface area contributed by atoms with E-state index < -0.39 is 0 Å². The lowest BCUT2D eigenvalue weighted by molar-refractivity contribution is 0.112. The zero-order chi connectivity index (χ0) is 15.7. The fourth-order valence-electron chi connectivity index (χ4n) is 3.15. The highest BCUT2D eigenvalue weighted by atomic mass is 16.3. The van der Waals surface area contributed by atoms with Crippen LogP contribution in [0.2, 0.25) is 0 Å². The summed E-state index contributed by atoms with van der Waals surface area (Å²) in [6.45, 7) is 2.64. The molecule has 22 heavy (non-hydrogen) atoms. The molecule has 0 heterocycles. The lowest BCUT2D eigenvalue weighted by Gasteiger charge is -2.26. The molecule has 4 atom stereocenters. The molecule has 2 fully saturated rings. The smallest absolute Gasteiger partial charge is 0.317 e. The third kappa shape index (κ3) is 3.61. The molecule has 1 aromatic rings. The molecule has 0 radical (unpaired) electrons. The van der Waals surface area contributed by atoms with Crippen molar-refractivity contribution in [2.45, 2.75) is 38.3 Å². The maximum atomic E-state index is 12.4. The largest absolute Gasteiger partial charge is 0.391 e. The van der Waals surface area contributed by atoms with Gasteiger partial charge in [-0.15, -0.1) is 0 Å². The lowest BCUT2D eigenvalue weighted by Crippen LogP contribution is -2.43. The van der Waals surface area contributed by atoms with Gasteiger partial charge in [0.25, 0.3) is 0 Å². The molecule has 4 nitrogen and oxygen atoms in total. The van der Waals surface area contributed by atoms with Crippen LogP contribution in [0.4, 0.5) is 4.79 Å². The van der Waals surface area contributed by atoms with Gasteiger partial charge in [0, 0.05) is 13.6 Å². The molecule has 120 valence electrons. The first kappa shape index (κ1) is 15.3. The van der Waals surface area contributed by atoms with Crippen LogP contribution in [-0.4, -0.2) is 35.7 Å². The minimum absolute atomic E-state index is 0.0733. The van der Waals surface area contributed by atoms with Crippen molar-refractivity contribution in [3.05, 3.63) is 35.9 Å². The Kier molecular flexibility index (Phi) is 4.39. The van der Waals surface area contributed by atoms with Gasteiger partial charge in [0.15, 0.2) is 0 Å². The average Bonchev–Trinajstić information content (AvgIpc) is 3.41. The summed E-state index contributed by atoms with van der Waals surface area (Å²) in [5.74, 6) is 1.57. The first-order chi connectivity index (χ1) is 10.6. The second-order valence-electron chi connectivity index (χ2n) is 7.00. The number of benzene rings is 1. The normalized spacial score (nSPS) is 26.1. The Bertz CT molecular complexity index is 515. The van der Waals surface area contributed by atoms with Crippen molar-refractivity contribution < 1.29 is 9.90 Å². The van der Waals surface area contributed by atoms with E-state index in [-0.39, 0.29) is 18.2 Å². The maximum Gasteiger partial charge on any atom is 0.317 e. The van der Waals surface area contributed by atoms with Crippen LogP contribution < -0.4 is 5.32 Å². The third-order valence-corrected chi connectivity index (χ3v) is 5.01. The van der Waals surface area contributed by atoms with Gasteiger partial charge in [-0.05, 0) is 42.6 Å². The summed E-state index contributed by atoms with van der Waals surface area (Å²) < 4.78 is 0. The number of hydrogen-bond acceptors (Lipinski definition) is 2. The molecular weight excluding hydrogens is 276 g/mol. The van der Waals surface area contributed by atoms with Crippen molar-refractivity contribution in [2.24, 2.45) is 17.8 Å². The fourth-order valence-corrected chi connectivity index (χ4v) is 3.15. The van der Waals surface area contributed by atoms with Gasteiger partial charge in [0.05, 0.1) is 12.1 Å². The molecule has 0 saturated heterocycles. The topological polar surface area (TPSA) is 52.6 Å². The Labute approximate surface area is 132 Å². The Morgan fingerprint density at radius 3 is 2.55 bits per heavy atom. The molecule has 2 saturated carbocycles. The second kappa shape index (κ2) is 6.29. The second-order valence-corrected chi connectivity index (χ2v) is 7.00. The first-order valence-corrected chi connectivity index (χ1v) is 8.31. The van der Waals surface area contributed by atoms with Gasteiger partial charge in [-0.2, -0.15) is 0 Å². The number of aliphatic hydroxyl groups excluding tert-OH is 1. The molecule has 0 aromatic heterocycles. The number of amides is 2. The fraction of sp³-hybridized carbons (Fsp3) is 0.611. The van der Waals surface area contributed by atoms with E-state index in [0.29, 0.717) is 24.3 Å². The number of likely N-dealkylation sites (N-methyl/N-ethyl adjacent to an activating group) is 1. The molecule has 0 spiro atoms. The van der Waals surface area contributed by atoms with Crippen LogP contribution >= 0.6 is 0 Å². The van der Waals surface area contributed by atoms with Crippen LogP contribution in [0.5, 0.6) is 0 Å². The van der Waals surface area contributed by atoms with Crippen LogP contribution in [0.25, 0.3) is 0 Å². The lowest BCUT2D eigenvalue weighted by atomic mass is 10.0. The molecule has 0 aliphatic heterocycles. The molecular formula is C18H26N2O2. The van der Waals surface area contributed by atoms with E-state index in [0.717, 1.165) is 19.3 Å². The number of nitrogens with one attached hydrogen (secondary N) is 1. The molecule has 2 N–H and O–H groups in total. The van der Waals surface area contributed by atoms with E-state index >= 15 is 0 Å². The number of carbonyl (C=O) groups is 1. The number of hydrogen-bond donors (Lipinski definition) is 2. The van der Waals surface area contributed by atoms with Gasteiger partial charge in [0.2, 0.25) is 0 Å². The maximum absolute atomic E-state index is 12.4. The Morgan fingerprint density at radius 2 is 2.00 bits per heavy atom. The Balaban J connectivity index is 1.61. The molecule has 3 rings (SSSR count). The van der Waals surface area contributed by atoms with Crippen molar-refractivity contribution >= 4 is 6.03 Å². The molecule has 1 aromatic carbocycles. The van der Waals surface area contributed by atoms with Crippen LogP contribution in [0.1, 0.15) is 37.8 Å². The highest BCUT2D eigenvalue weighted by molar-refractivity contribution is 5.74. The summed E-state index contributed by atoms with van der Waals surface area (Å²) in [6.07, 6.45) is 2.95. The number of nitrogens with zero attached hydrogens (tertiary/aromatic N) is 1. The minimum atomic E-state index is -0.384. The van der Waals surface area contributed by atoms with Crippen LogP contribution in [-0.2, 0) is 0 Å². The summed E-state index contributed by atoms with van der Waals surface area (Å²) in [7, 11) is 1.76. The molecule has 0 bridgehead atoms. The summed E-state index contributed by atoms with van der Waals surface area (Å²) in [5.41, 5.74) is 1.17. The number of urea groups is 1. The van der Waals surface area contributed by atoms with E-state index in [4.69, 9.17) is 0 Å². The van der Waals surface area contributed by atoms with Crippen molar-refractivity contribution in [1.82, 2.24) is 10.2 Å². The van der Waals surface area contributed by atoms with Gasteiger partial charge < -0.3 is 15.3 Å². The standard InChI is InChI=1S/C18H26N2O2/c1-12-10-15(12)17(14-6-4-3-5-7-14)19-18(22)20(2)11-16(21)13-8-9-13/h3-7,12-13,15-17,21H,8-11H2,1-2H3,(H,19,22)/t12-,15+,16+,17+/m1/s1. The molecule has 2 aliphatic carbocycles. The molecule has 2 aliphatic rings. The quantitative estimate of drug-likeness (QED) is 0.849. The van der Waals surface area contributed by atoms with Gasteiger partial charge in [-0.1, -0.05) is 37.3 Å². The van der Waals surface area contributed by atoms with Gasteiger partial charge >= 0.3 is 6.03 Å². The van der Waals surface area contributed by atoms with Crippen LogP contribution in [0.15, 0.2) is 30.3 Å². The van der Waals surface area contributed by atoms with E-state index in [1.165, 1.54) is 5.56 Å². The minimum Gasteiger partial charge on any atom is -0.391 e. The molecule has 4 heteroatoms. The van der Waals surface area contributed by atoms with Crippen molar-refractivity contribution in [3.8, 4) is 0 Å². The third-order valence-electron chi connectivity index (χ3n) is 5.01. The highest BCUT2D eigenvalue weighted by Crippen LogP contribution is 2.47. The van der Waals surface area contributed by atoms with E-state index in [1.54, 1.807) is 11.9 Å². The Morgan fingerprint density at radius 1 is 1.36 bits per heavy atom. The SMILES string of the molecule is C[C@@H]1C[C@@H]1[C@@H](NC(=O)N(C)C[C@H](O)C1CC1)c1ccccc1. The van der Waals surface area contributed by atoms with Crippen LogP contribution in [0.3, 0.4) is 0 Å². The molecule has 2 amide bonds. The Hall–Kier alpha value is -1.55. The van der Waals surface area contributed by atoms with Crippen molar-refractivity contribution in [1.29, 1.82) is 0 Å². The van der Waals surface area contributed by atoms with Gasteiger partial charge in [-0.3, -0.25) is 0 Å². The van der Waals surface area contributed by atoms with Crippen molar-refractivity contribution in [3.63, 3.8) is 0 Å². The summed E-state index contributed by atoms with van der Waals surface area (Å²) in [4.78, 5) is 14.1. The summed E-state index contributed by atoms with van der Waals surface area (Å²) >= 11 is 0. The predicted molar refractivity (Wildman–Crippen MR) is 86.3 cm³/mol.